The zero-order valence-corrected chi connectivity index (χ0v) is 14.4. The molecule has 0 aromatic rings. The van der Waals surface area contributed by atoms with Crippen molar-refractivity contribution in [1.29, 1.82) is 0 Å². The van der Waals surface area contributed by atoms with E-state index in [4.69, 9.17) is 4.74 Å². The Morgan fingerprint density at radius 1 is 1.10 bits per heavy atom. The third-order valence-corrected chi connectivity index (χ3v) is 5.32. The highest BCUT2D eigenvalue weighted by Crippen LogP contribution is 2.35. The van der Waals surface area contributed by atoms with E-state index in [1.807, 2.05) is 0 Å². The van der Waals surface area contributed by atoms with Gasteiger partial charge in [-0.1, -0.05) is 19.8 Å². The number of rotatable bonds is 9. The van der Waals surface area contributed by atoms with E-state index >= 15 is 0 Å². The molecule has 1 aliphatic carbocycles. The van der Waals surface area contributed by atoms with Gasteiger partial charge in [0.1, 0.15) is 0 Å². The smallest absolute Gasteiger partial charge is 0.0478 e. The van der Waals surface area contributed by atoms with Crippen molar-refractivity contribution in [1.82, 2.24) is 10.2 Å². The second-order valence-corrected chi connectivity index (χ2v) is 7.30. The van der Waals surface area contributed by atoms with Crippen molar-refractivity contribution in [2.75, 3.05) is 32.8 Å². The number of likely N-dealkylation sites (tertiary alicyclic amines) is 1. The van der Waals surface area contributed by atoms with Gasteiger partial charge in [0.2, 0.25) is 0 Å². The fraction of sp³-hybridized carbons (Fsp3) is 1.00. The maximum absolute atomic E-state index is 5.66. The van der Waals surface area contributed by atoms with Crippen molar-refractivity contribution >= 4 is 0 Å². The molecule has 0 amide bonds. The van der Waals surface area contributed by atoms with Crippen LogP contribution in [0.1, 0.15) is 59.3 Å². The van der Waals surface area contributed by atoms with Crippen molar-refractivity contribution in [3.63, 3.8) is 0 Å². The molecule has 2 bridgehead atoms. The first-order chi connectivity index (χ1) is 10.2. The number of fused-ring (bicyclic) bond motifs is 2. The predicted octanol–water partition coefficient (Wildman–Crippen LogP) is 3.29. The molecular weight excluding hydrogens is 260 g/mol. The average Bonchev–Trinajstić information content (AvgIpc) is 2.45. The van der Waals surface area contributed by atoms with Crippen LogP contribution >= 0.6 is 0 Å². The summed E-state index contributed by atoms with van der Waals surface area (Å²) in [5.41, 5.74) is 0. The van der Waals surface area contributed by atoms with E-state index in [2.05, 4.69) is 31.0 Å². The molecule has 1 saturated carbocycles. The fourth-order valence-corrected chi connectivity index (χ4v) is 4.02. The third-order valence-electron chi connectivity index (χ3n) is 5.32. The van der Waals surface area contributed by atoms with E-state index in [0.29, 0.717) is 6.04 Å². The molecule has 2 unspecified atom stereocenters. The van der Waals surface area contributed by atoms with Crippen LogP contribution in [0.3, 0.4) is 0 Å². The first-order valence-electron chi connectivity index (χ1n) is 9.27. The number of unbranched alkanes of at least 4 members (excludes halogenated alkanes) is 1. The Kier molecular flexibility index (Phi) is 7.48. The number of nitrogens with zero attached hydrogens (tertiary/aromatic N) is 1. The van der Waals surface area contributed by atoms with Gasteiger partial charge >= 0.3 is 0 Å². The van der Waals surface area contributed by atoms with E-state index in [-0.39, 0.29) is 0 Å². The SMILES string of the molecule is CCCCOCCCNC1C2CCCC1CN(C(C)C)C2. The molecule has 0 spiro atoms. The molecule has 1 heterocycles. The topological polar surface area (TPSA) is 24.5 Å². The zero-order valence-electron chi connectivity index (χ0n) is 14.4. The number of hydrogen-bond donors (Lipinski definition) is 1. The van der Waals surface area contributed by atoms with Gasteiger partial charge in [-0.2, -0.15) is 0 Å². The summed E-state index contributed by atoms with van der Waals surface area (Å²) < 4.78 is 5.66. The lowest BCUT2D eigenvalue weighted by atomic mass is 9.73. The molecule has 3 heteroatoms. The van der Waals surface area contributed by atoms with E-state index in [9.17, 15) is 0 Å². The summed E-state index contributed by atoms with van der Waals surface area (Å²) in [4.78, 5) is 2.69. The third kappa shape index (κ3) is 5.22. The predicted molar refractivity (Wildman–Crippen MR) is 89.7 cm³/mol. The summed E-state index contributed by atoms with van der Waals surface area (Å²) >= 11 is 0. The monoisotopic (exact) mass is 296 g/mol. The Hall–Kier alpha value is -0.120. The minimum Gasteiger partial charge on any atom is -0.381 e. The lowest BCUT2D eigenvalue weighted by Crippen LogP contribution is -2.58. The second kappa shape index (κ2) is 9.12. The second-order valence-electron chi connectivity index (χ2n) is 7.30. The maximum Gasteiger partial charge on any atom is 0.0478 e. The summed E-state index contributed by atoms with van der Waals surface area (Å²) in [5, 5.41) is 3.87. The lowest BCUT2D eigenvalue weighted by molar-refractivity contribution is 0.0285. The van der Waals surface area contributed by atoms with Crippen LogP contribution in [-0.4, -0.2) is 49.8 Å². The van der Waals surface area contributed by atoms with Crippen LogP contribution in [0, 0.1) is 11.8 Å². The maximum atomic E-state index is 5.66. The van der Waals surface area contributed by atoms with Gasteiger partial charge in [-0.25, -0.2) is 0 Å². The van der Waals surface area contributed by atoms with Crippen LogP contribution in [0.2, 0.25) is 0 Å². The van der Waals surface area contributed by atoms with Gasteiger partial charge in [0.25, 0.3) is 0 Å². The zero-order chi connectivity index (χ0) is 15.1. The van der Waals surface area contributed by atoms with Crippen LogP contribution in [-0.2, 0) is 4.74 Å². The van der Waals surface area contributed by atoms with Gasteiger partial charge in [0.15, 0.2) is 0 Å². The molecular formula is C18H36N2O. The molecule has 1 aliphatic heterocycles. The molecule has 2 rings (SSSR count). The van der Waals surface area contributed by atoms with Gasteiger partial charge in [-0.05, 0) is 57.9 Å². The Labute approximate surface area is 131 Å². The summed E-state index contributed by atoms with van der Waals surface area (Å²) in [7, 11) is 0. The normalized spacial score (nSPS) is 30.0. The Bertz CT molecular complexity index is 268. The minimum absolute atomic E-state index is 0.709. The molecule has 124 valence electrons. The summed E-state index contributed by atoms with van der Waals surface area (Å²) in [6.45, 7) is 12.5. The highest BCUT2D eigenvalue weighted by Gasteiger charge is 2.39. The number of ether oxygens (including phenoxy) is 1. The number of piperidine rings is 1. The van der Waals surface area contributed by atoms with E-state index in [1.165, 1.54) is 45.2 Å². The molecule has 0 radical (unpaired) electrons. The quantitative estimate of drug-likeness (QED) is 0.661. The van der Waals surface area contributed by atoms with Gasteiger partial charge < -0.3 is 15.0 Å². The van der Waals surface area contributed by atoms with Crippen molar-refractivity contribution in [3.05, 3.63) is 0 Å². The molecule has 0 aromatic heterocycles. The molecule has 2 aliphatic rings. The molecule has 0 aromatic carbocycles. The van der Waals surface area contributed by atoms with Gasteiger partial charge in [0.05, 0.1) is 0 Å². The van der Waals surface area contributed by atoms with Crippen LogP contribution in [0.25, 0.3) is 0 Å². The summed E-state index contributed by atoms with van der Waals surface area (Å²) in [5.74, 6) is 1.75. The lowest BCUT2D eigenvalue weighted by Gasteiger charge is -2.49. The highest BCUT2D eigenvalue weighted by atomic mass is 16.5. The molecule has 3 nitrogen and oxygen atoms in total. The minimum atomic E-state index is 0.709. The Morgan fingerprint density at radius 3 is 2.38 bits per heavy atom. The summed E-state index contributed by atoms with van der Waals surface area (Å²) in [6.07, 6.45) is 7.88. The van der Waals surface area contributed by atoms with Gasteiger partial charge in [0, 0.05) is 38.4 Å². The van der Waals surface area contributed by atoms with Gasteiger partial charge in [-0.15, -0.1) is 0 Å². The van der Waals surface area contributed by atoms with Crippen LogP contribution < -0.4 is 5.32 Å². The molecule has 21 heavy (non-hydrogen) atoms. The van der Waals surface area contributed by atoms with Crippen molar-refractivity contribution in [3.8, 4) is 0 Å². The molecule has 2 fully saturated rings. The van der Waals surface area contributed by atoms with Crippen molar-refractivity contribution < 1.29 is 4.74 Å². The molecule has 1 saturated heterocycles. The van der Waals surface area contributed by atoms with Crippen LogP contribution in [0.5, 0.6) is 0 Å². The Balaban J connectivity index is 1.66. The van der Waals surface area contributed by atoms with Crippen molar-refractivity contribution in [2.45, 2.75) is 71.4 Å². The fourth-order valence-electron chi connectivity index (χ4n) is 4.02. The molecule has 1 N–H and O–H groups in total. The van der Waals surface area contributed by atoms with E-state index < -0.39 is 0 Å². The van der Waals surface area contributed by atoms with Crippen molar-refractivity contribution in [2.24, 2.45) is 11.8 Å². The number of hydrogen-bond acceptors (Lipinski definition) is 3. The molecule has 2 atom stereocenters. The largest absolute Gasteiger partial charge is 0.381 e. The standard InChI is InChI=1S/C18H36N2O/c1-4-5-11-21-12-7-10-19-18-16-8-6-9-17(18)14-20(13-16)15(2)3/h15-19H,4-14H2,1-3H3. The highest BCUT2D eigenvalue weighted by molar-refractivity contribution is 4.95. The first kappa shape index (κ1) is 17.2. The van der Waals surface area contributed by atoms with Crippen LogP contribution in [0.15, 0.2) is 0 Å². The first-order valence-corrected chi connectivity index (χ1v) is 9.27. The number of nitrogens with one attached hydrogen (secondary N) is 1. The van der Waals surface area contributed by atoms with Gasteiger partial charge in [-0.3, -0.25) is 0 Å². The summed E-state index contributed by atoms with van der Waals surface area (Å²) in [6, 6.07) is 1.48. The van der Waals surface area contributed by atoms with Crippen LogP contribution in [0.4, 0.5) is 0 Å². The van der Waals surface area contributed by atoms with E-state index in [0.717, 1.165) is 44.1 Å². The average molecular weight is 296 g/mol. The Morgan fingerprint density at radius 2 is 1.76 bits per heavy atom. The van der Waals surface area contributed by atoms with E-state index in [1.54, 1.807) is 0 Å².